The Bertz CT molecular complexity index is 749. The number of hydrogen-bond acceptors (Lipinski definition) is 6. The number of nitrogens with one attached hydrogen (secondary N) is 1. The molecule has 3 unspecified atom stereocenters. The molecule has 0 amide bonds. The summed E-state index contributed by atoms with van der Waals surface area (Å²) in [5.74, 6) is 0. The second kappa shape index (κ2) is 5.28. The zero-order chi connectivity index (χ0) is 16.2. The van der Waals surface area contributed by atoms with Crippen molar-refractivity contribution < 1.29 is 11.2 Å². The van der Waals surface area contributed by atoms with E-state index in [9.17, 15) is 5.11 Å². The van der Waals surface area contributed by atoms with Crippen LogP contribution in [0.2, 0.25) is 4.34 Å². The van der Waals surface area contributed by atoms with Crippen molar-refractivity contribution in [3.8, 4) is 0 Å². The van der Waals surface area contributed by atoms with Crippen molar-refractivity contribution in [1.29, 1.82) is 0 Å². The van der Waals surface area contributed by atoms with Crippen molar-refractivity contribution in [3.05, 3.63) is 32.7 Å². The summed E-state index contributed by atoms with van der Waals surface area (Å²) in [6.45, 7) is 0.701. The third-order valence-electron chi connectivity index (χ3n) is 4.34. The summed E-state index contributed by atoms with van der Waals surface area (Å²) in [6, 6.07) is 1.71. The molecule has 6 nitrogen and oxygen atoms in total. The average Bonchev–Trinajstić information content (AvgIpc) is 3.11. The van der Waals surface area contributed by atoms with Gasteiger partial charge in [-0.05, 0) is 19.0 Å². The van der Waals surface area contributed by atoms with Crippen LogP contribution in [0.4, 0.5) is 0 Å². The van der Waals surface area contributed by atoms with E-state index in [1.54, 1.807) is 10.7 Å². The fourth-order valence-electron chi connectivity index (χ4n) is 3.29. The van der Waals surface area contributed by atoms with Crippen molar-refractivity contribution in [3.63, 3.8) is 0 Å². The van der Waals surface area contributed by atoms with Gasteiger partial charge in [0, 0.05) is 30.1 Å². The Kier molecular flexibility index (Phi) is 3.23. The van der Waals surface area contributed by atoms with Gasteiger partial charge in [0.1, 0.15) is 11.7 Å². The molecule has 2 N–H and O–H groups in total. The van der Waals surface area contributed by atoms with Crippen molar-refractivity contribution in [1.82, 2.24) is 20.3 Å². The van der Waals surface area contributed by atoms with E-state index in [2.05, 4.69) is 15.6 Å². The molecule has 1 fully saturated rings. The molecular formula is C14H17ClN4O2S. The number of hydrogen-bond donors (Lipinski definition) is 2. The molecule has 1 saturated heterocycles. The normalized spacial score (nSPS) is 35.4. The van der Waals surface area contributed by atoms with Gasteiger partial charge in [-0.3, -0.25) is 4.68 Å². The maximum atomic E-state index is 10.3. The number of aliphatic hydroxyl groups is 1. The third kappa shape index (κ3) is 2.28. The molecule has 2 aliphatic rings. The number of rotatable bonds is 1. The number of aryl methyl sites for hydroxylation is 1. The average molecular weight is 342 g/mol. The minimum Gasteiger partial charge on any atom is -0.386 e. The fourth-order valence-corrected chi connectivity index (χ4v) is 4.72. The summed E-state index contributed by atoms with van der Waals surface area (Å²) in [5.41, 5.74) is 0.901. The van der Waals surface area contributed by atoms with E-state index in [4.69, 9.17) is 17.7 Å². The van der Waals surface area contributed by atoms with Crippen LogP contribution in [0.5, 0.6) is 0 Å². The highest BCUT2D eigenvalue weighted by molar-refractivity contribution is 7.16. The first-order valence-electron chi connectivity index (χ1n) is 7.66. The van der Waals surface area contributed by atoms with E-state index < -0.39 is 11.7 Å². The second-order valence-corrected chi connectivity index (χ2v) is 7.48. The van der Waals surface area contributed by atoms with Crippen LogP contribution in [0, 0.1) is 0 Å². The Morgan fingerprint density at radius 1 is 1.68 bits per heavy atom. The fraction of sp³-hybridized carbons (Fsp3) is 0.571. The summed E-state index contributed by atoms with van der Waals surface area (Å²) in [6.07, 6.45) is 1.59. The van der Waals surface area contributed by atoms with Gasteiger partial charge < -0.3 is 15.2 Å². The lowest BCUT2D eigenvalue weighted by molar-refractivity contribution is -0.123. The standard InChI is InChI=1S/C14H17ClN4O2S/c1-19-6-10(17-18-19)9-5-14(2-3-16-9)13-8(4-12(15)22-13)11(20)7-21-14/h4,6,9,11,16,20H,2-3,5,7H2,1H3/i11D. The van der Waals surface area contributed by atoms with Gasteiger partial charge in [-0.15, -0.1) is 16.4 Å². The number of nitrogens with zero attached hydrogens (tertiary/aromatic N) is 3. The first-order valence-corrected chi connectivity index (χ1v) is 8.35. The van der Waals surface area contributed by atoms with Crippen LogP contribution in [-0.2, 0) is 17.4 Å². The van der Waals surface area contributed by atoms with Gasteiger partial charge in [0.05, 0.1) is 24.0 Å². The van der Waals surface area contributed by atoms with Crippen molar-refractivity contribution >= 4 is 22.9 Å². The number of ether oxygens (including phenoxy) is 1. The Morgan fingerprint density at radius 2 is 2.55 bits per heavy atom. The van der Waals surface area contributed by atoms with E-state index in [1.165, 1.54) is 11.3 Å². The molecule has 1 spiro atoms. The van der Waals surface area contributed by atoms with E-state index in [0.717, 1.165) is 23.5 Å². The highest BCUT2D eigenvalue weighted by Crippen LogP contribution is 2.50. The number of aromatic nitrogens is 3. The molecular weight excluding hydrogens is 324 g/mol. The lowest BCUT2D eigenvalue weighted by Crippen LogP contribution is -2.46. The minimum atomic E-state index is -1.74. The lowest BCUT2D eigenvalue weighted by atomic mass is 9.81. The molecule has 4 rings (SSSR count). The molecule has 2 aromatic heterocycles. The number of fused-ring (bicyclic) bond motifs is 2. The SMILES string of the molecule is [2H]C1(O)COC2(CCNC(c3cn(C)nn3)C2)c2sc(Cl)cc21. The van der Waals surface area contributed by atoms with Crippen molar-refractivity contribution in [2.75, 3.05) is 13.2 Å². The van der Waals surface area contributed by atoms with Crippen LogP contribution in [0.25, 0.3) is 0 Å². The zero-order valence-electron chi connectivity index (χ0n) is 13.0. The minimum absolute atomic E-state index is 0.0168. The quantitative estimate of drug-likeness (QED) is 0.829. The van der Waals surface area contributed by atoms with Gasteiger partial charge in [0.25, 0.3) is 0 Å². The molecule has 2 aliphatic heterocycles. The van der Waals surface area contributed by atoms with Gasteiger partial charge in [-0.25, -0.2) is 0 Å². The summed E-state index contributed by atoms with van der Waals surface area (Å²) in [4.78, 5) is 0.863. The smallest absolute Gasteiger partial charge is 0.106 e. The van der Waals surface area contributed by atoms with Crippen molar-refractivity contribution in [2.45, 2.75) is 30.6 Å². The van der Waals surface area contributed by atoms with E-state index in [1.807, 2.05) is 13.2 Å². The van der Waals surface area contributed by atoms with Crippen LogP contribution in [0.1, 0.15) is 42.5 Å². The Morgan fingerprint density at radius 3 is 3.32 bits per heavy atom. The van der Waals surface area contributed by atoms with Crippen LogP contribution in [0.15, 0.2) is 12.3 Å². The topological polar surface area (TPSA) is 72.2 Å². The number of piperidine rings is 1. The Labute approximate surface area is 138 Å². The van der Waals surface area contributed by atoms with E-state index in [0.29, 0.717) is 16.3 Å². The third-order valence-corrected chi connectivity index (χ3v) is 5.79. The van der Waals surface area contributed by atoms with Crippen LogP contribution >= 0.6 is 22.9 Å². The van der Waals surface area contributed by atoms with Crippen LogP contribution in [0.3, 0.4) is 0 Å². The Hall–Kier alpha value is -0.990. The van der Waals surface area contributed by atoms with E-state index >= 15 is 0 Å². The zero-order valence-corrected chi connectivity index (χ0v) is 13.6. The highest BCUT2D eigenvalue weighted by atomic mass is 35.5. The first-order chi connectivity index (χ1) is 10.9. The molecule has 4 heterocycles. The molecule has 2 aromatic rings. The van der Waals surface area contributed by atoms with Gasteiger partial charge in [-0.2, -0.15) is 0 Å². The van der Waals surface area contributed by atoms with Crippen LogP contribution in [-0.4, -0.2) is 33.3 Å². The van der Waals surface area contributed by atoms with Crippen LogP contribution < -0.4 is 5.32 Å². The Balaban J connectivity index is 1.73. The van der Waals surface area contributed by atoms with Gasteiger partial charge in [0.2, 0.25) is 0 Å². The maximum absolute atomic E-state index is 10.3. The number of thiophene rings is 1. The molecule has 0 bridgehead atoms. The van der Waals surface area contributed by atoms with Gasteiger partial charge in [0.15, 0.2) is 0 Å². The van der Waals surface area contributed by atoms with E-state index in [-0.39, 0.29) is 12.6 Å². The molecule has 22 heavy (non-hydrogen) atoms. The van der Waals surface area contributed by atoms with Crippen molar-refractivity contribution in [2.24, 2.45) is 7.05 Å². The molecule has 3 atom stereocenters. The molecule has 0 aliphatic carbocycles. The molecule has 8 heteroatoms. The highest BCUT2D eigenvalue weighted by Gasteiger charge is 2.46. The monoisotopic (exact) mass is 341 g/mol. The second-order valence-electron chi connectivity index (χ2n) is 5.80. The largest absolute Gasteiger partial charge is 0.386 e. The molecule has 0 aromatic carbocycles. The summed E-state index contributed by atoms with van der Waals surface area (Å²) in [5, 5.41) is 21.9. The summed E-state index contributed by atoms with van der Waals surface area (Å²) >= 11 is 7.56. The summed E-state index contributed by atoms with van der Waals surface area (Å²) in [7, 11) is 1.84. The molecule has 118 valence electrons. The van der Waals surface area contributed by atoms with Gasteiger partial charge >= 0.3 is 0 Å². The molecule has 0 radical (unpaired) electrons. The summed E-state index contributed by atoms with van der Waals surface area (Å²) < 4.78 is 16.4. The first kappa shape index (κ1) is 13.4. The number of halogens is 1. The predicted molar refractivity (Wildman–Crippen MR) is 82.9 cm³/mol. The lowest BCUT2D eigenvalue weighted by Gasteiger charge is -2.44. The predicted octanol–water partition coefficient (Wildman–Crippen LogP) is 1.91. The molecule has 0 saturated carbocycles. The maximum Gasteiger partial charge on any atom is 0.106 e. The van der Waals surface area contributed by atoms with Gasteiger partial charge in [-0.1, -0.05) is 16.8 Å².